The van der Waals surface area contributed by atoms with Crippen molar-refractivity contribution in [3.05, 3.63) is 81.5 Å². The van der Waals surface area contributed by atoms with E-state index in [1.54, 1.807) is 6.92 Å². The number of hydrogen-bond donors (Lipinski definition) is 2. The van der Waals surface area contributed by atoms with Gasteiger partial charge in [-0.1, -0.05) is 18.2 Å². The Morgan fingerprint density at radius 2 is 1.81 bits per heavy atom. The molecule has 1 unspecified atom stereocenters. The summed E-state index contributed by atoms with van der Waals surface area (Å²) in [7, 11) is -2.33. The zero-order chi connectivity index (χ0) is 27.1. The summed E-state index contributed by atoms with van der Waals surface area (Å²) < 4.78 is 99.0. The van der Waals surface area contributed by atoms with Gasteiger partial charge in [0.05, 0.1) is 16.9 Å². The molecular weight excluding hydrogens is 524 g/mol. The number of halogens is 6. The van der Waals surface area contributed by atoms with E-state index in [9.17, 15) is 31.0 Å². The monoisotopic (exact) mass is 541 g/mol. The molecule has 37 heavy (non-hydrogen) atoms. The van der Waals surface area contributed by atoms with Gasteiger partial charge < -0.3 is 5.73 Å². The molecule has 0 spiro atoms. The highest BCUT2D eigenvalue weighted by Crippen LogP contribution is 2.32. The fourth-order valence-electron chi connectivity index (χ4n) is 3.68. The van der Waals surface area contributed by atoms with Crippen LogP contribution < -0.4 is 16.0 Å². The van der Waals surface area contributed by atoms with E-state index >= 15 is 4.39 Å². The number of fused-ring (bicyclic) bond motifs is 1. The Balaban J connectivity index is 1.70. The number of pyridine rings is 1. The Kier molecular flexibility index (Phi) is 6.95. The molecule has 0 aliphatic heterocycles. The molecule has 3 N–H and O–H groups in total. The second-order valence-electron chi connectivity index (χ2n) is 7.81. The molecule has 2 aromatic carbocycles. The zero-order valence-electron chi connectivity index (χ0n) is 18.9. The van der Waals surface area contributed by atoms with E-state index in [-0.39, 0.29) is 34.7 Å². The van der Waals surface area contributed by atoms with Crippen LogP contribution in [0.3, 0.4) is 0 Å². The molecule has 0 saturated carbocycles. The molecule has 194 valence electrons. The number of hydrogen-bond acceptors (Lipinski definition) is 5. The number of nitrogens with zero attached hydrogens (tertiary/aromatic N) is 3. The summed E-state index contributed by atoms with van der Waals surface area (Å²) in [4.78, 5) is 20.8. The molecule has 14 heteroatoms. The largest absolute Gasteiger partial charge is 0.416 e. The highest BCUT2D eigenvalue weighted by Gasteiger charge is 2.30. The van der Waals surface area contributed by atoms with Crippen LogP contribution in [0.1, 0.15) is 18.1 Å². The van der Waals surface area contributed by atoms with Gasteiger partial charge >= 0.3 is 6.18 Å². The fourth-order valence-corrected chi connectivity index (χ4v) is 4.65. The first kappa shape index (κ1) is 26.1. The van der Waals surface area contributed by atoms with E-state index < -0.39 is 62.7 Å². The van der Waals surface area contributed by atoms with Gasteiger partial charge in [0.1, 0.15) is 22.3 Å². The van der Waals surface area contributed by atoms with Crippen LogP contribution >= 0.6 is 0 Å². The maximum Gasteiger partial charge on any atom is 0.416 e. The number of nitrogens with one attached hydrogen (secondary N) is 1. The van der Waals surface area contributed by atoms with E-state index in [4.69, 9.17) is 5.73 Å². The summed E-state index contributed by atoms with van der Waals surface area (Å²) >= 11 is 0. The molecule has 2 heterocycles. The van der Waals surface area contributed by atoms with E-state index in [2.05, 4.69) is 9.97 Å². The Morgan fingerprint density at radius 1 is 1.08 bits per heavy atom. The van der Waals surface area contributed by atoms with Crippen molar-refractivity contribution in [3.63, 3.8) is 0 Å². The third-order valence-electron chi connectivity index (χ3n) is 5.38. The van der Waals surface area contributed by atoms with Gasteiger partial charge in [-0.2, -0.15) is 18.2 Å². The number of aromatic nitrogens is 3. The van der Waals surface area contributed by atoms with Gasteiger partial charge in [-0.05, 0) is 30.7 Å². The van der Waals surface area contributed by atoms with Crippen LogP contribution in [-0.4, -0.2) is 18.7 Å². The molecule has 1 atom stereocenters. The molecule has 0 fully saturated rings. The number of anilines is 2. The lowest BCUT2D eigenvalue weighted by atomic mass is 10.0. The van der Waals surface area contributed by atoms with E-state index in [1.807, 2.05) is 4.72 Å². The van der Waals surface area contributed by atoms with Crippen molar-refractivity contribution in [1.82, 2.24) is 14.5 Å². The van der Waals surface area contributed by atoms with Crippen molar-refractivity contribution < 1.29 is 30.6 Å². The van der Waals surface area contributed by atoms with E-state index in [0.29, 0.717) is 6.07 Å². The Hall–Kier alpha value is -3.94. The summed E-state index contributed by atoms with van der Waals surface area (Å²) in [5.74, 6) is -5.40. The van der Waals surface area contributed by atoms with Crippen LogP contribution in [-0.2, 0) is 29.5 Å². The predicted octanol–water partition coefficient (Wildman–Crippen LogP) is 4.77. The van der Waals surface area contributed by atoms with Crippen molar-refractivity contribution in [3.8, 4) is 11.1 Å². The van der Waals surface area contributed by atoms with Crippen molar-refractivity contribution in [1.29, 1.82) is 0 Å². The van der Waals surface area contributed by atoms with Crippen LogP contribution in [0.2, 0.25) is 0 Å². The summed E-state index contributed by atoms with van der Waals surface area (Å²) in [6.45, 7) is 1.69. The standard InChI is InChI=1S/C23H17F6N5O2S/c1-2-34-20-12(9-31-22(30)32-20)7-15(21(34)35)14-8-16(24)19(18(26)17(14)25)33-37(36)10-11-4-3-5-13(6-11)23(27,28)29/h3-9,33H,2,10H2,1H3,(H2,30,31,32). The maximum absolute atomic E-state index is 15.1. The summed E-state index contributed by atoms with van der Waals surface area (Å²) in [5, 5.41) is 0.259. The molecular formula is C23H17F6N5O2S. The molecule has 0 radical (unpaired) electrons. The van der Waals surface area contributed by atoms with Crippen molar-refractivity contribution in [2.24, 2.45) is 0 Å². The van der Waals surface area contributed by atoms with Gasteiger partial charge in [0.25, 0.3) is 5.56 Å². The third kappa shape index (κ3) is 5.14. The summed E-state index contributed by atoms with van der Waals surface area (Å²) in [5.41, 5.74) is 1.72. The molecule has 4 rings (SSSR count). The van der Waals surface area contributed by atoms with E-state index in [0.717, 1.165) is 22.8 Å². The average molecular weight is 541 g/mol. The first-order valence-electron chi connectivity index (χ1n) is 10.6. The Bertz CT molecular complexity index is 1610. The molecule has 2 aromatic heterocycles. The molecule has 0 amide bonds. The number of nitrogen functional groups attached to an aromatic ring is 1. The number of rotatable bonds is 6. The topological polar surface area (TPSA) is 103 Å². The highest BCUT2D eigenvalue weighted by molar-refractivity contribution is 7.85. The highest BCUT2D eigenvalue weighted by atomic mass is 32.2. The second-order valence-corrected chi connectivity index (χ2v) is 9.00. The van der Waals surface area contributed by atoms with Gasteiger partial charge in [-0.3, -0.25) is 14.1 Å². The van der Waals surface area contributed by atoms with Crippen molar-refractivity contribution in [2.45, 2.75) is 25.4 Å². The molecule has 4 aromatic rings. The smallest absolute Gasteiger partial charge is 0.368 e. The normalized spacial score (nSPS) is 12.6. The van der Waals surface area contributed by atoms with Gasteiger partial charge in [0.2, 0.25) is 5.95 Å². The minimum atomic E-state index is -4.64. The summed E-state index contributed by atoms with van der Waals surface area (Å²) in [6, 6.07) is 5.62. The lowest BCUT2D eigenvalue weighted by molar-refractivity contribution is -0.137. The van der Waals surface area contributed by atoms with Gasteiger partial charge in [-0.25, -0.2) is 22.4 Å². The fraction of sp³-hybridized carbons (Fsp3) is 0.174. The zero-order valence-corrected chi connectivity index (χ0v) is 19.7. The van der Waals surface area contributed by atoms with Crippen molar-refractivity contribution >= 4 is 33.7 Å². The number of aryl methyl sites for hydroxylation is 1. The average Bonchev–Trinajstić information content (AvgIpc) is 2.83. The molecule has 0 aliphatic rings. The molecule has 7 nitrogen and oxygen atoms in total. The minimum Gasteiger partial charge on any atom is -0.368 e. The quantitative estimate of drug-likeness (QED) is 0.270. The van der Waals surface area contributed by atoms with Gasteiger partial charge in [-0.15, -0.1) is 0 Å². The molecule has 0 aliphatic carbocycles. The number of benzene rings is 2. The van der Waals surface area contributed by atoms with Crippen LogP contribution in [0, 0.1) is 17.5 Å². The third-order valence-corrected chi connectivity index (χ3v) is 6.41. The first-order chi connectivity index (χ1) is 17.4. The van der Waals surface area contributed by atoms with Gasteiger partial charge in [0, 0.05) is 23.7 Å². The molecule has 0 bridgehead atoms. The second kappa shape index (κ2) is 9.84. The maximum atomic E-state index is 15.1. The van der Waals surface area contributed by atoms with Crippen LogP contribution in [0.5, 0.6) is 0 Å². The number of nitrogens with two attached hydrogens (primary N) is 1. The predicted molar refractivity (Wildman–Crippen MR) is 126 cm³/mol. The van der Waals surface area contributed by atoms with Crippen LogP contribution in [0.15, 0.2) is 47.4 Å². The van der Waals surface area contributed by atoms with Crippen LogP contribution in [0.4, 0.5) is 38.0 Å². The number of alkyl halides is 3. The first-order valence-corrected chi connectivity index (χ1v) is 11.9. The van der Waals surface area contributed by atoms with Crippen molar-refractivity contribution in [2.75, 3.05) is 10.5 Å². The SMILES string of the molecule is CCn1c(=O)c(-c2cc(F)c(NS(=O)Cc3cccc(C(F)(F)F)c3)c(F)c2F)cc2cnc(N)nc21. The minimum absolute atomic E-state index is 0.0299. The molecule has 0 saturated heterocycles. The van der Waals surface area contributed by atoms with Crippen LogP contribution in [0.25, 0.3) is 22.2 Å². The van der Waals surface area contributed by atoms with Gasteiger partial charge in [0.15, 0.2) is 17.5 Å². The Labute approximate surface area is 207 Å². The lowest BCUT2D eigenvalue weighted by Crippen LogP contribution is -2.23. The lowest BCUT2D eigenvalue weighted by Gasteiger charge is -2.14. The summed E-state index contributed by atoms with van der Waals surface area (Å²) in [6.07, 6.45) is -3.37. The Morgan fingerprint density at radius 3 is 2.49 bits per heavy atom. The van der Waals surface area contributed by atoms with E-state index in [1.165, 1.54) is 18.3 Å².